The first-order valence-corrected chi connectivity index (χ1v) is 6.68. The summed E-state index contributed by atoms with van der Waals surface area (Å²) in [5.74, 6) is -0.0983. The van der Waals surface area contributed by atoms with Crippen molar-refractivity contribution in [3.05, 3.63) is 27.7 Å². The number of aromatic hydroxyl groups is 1. The van der Waals surface area contributed by atoms with E-state index in [2.05, 4.69) is 15.9 Å². The Balaban J connectivity index is 3.26. The predicted molar refractivity (Wildman–Crippen MR) is 79.3 cm³/mol. The molecular weight excluding hydrogens is 324 g/mol. The van der Waals surface area contributed by atoms with E-state index in [1.807, 2.05) is 6.07 Å². The molecule has 0 radical (unpaired) electrons. The van der Waals surface area contributed by atoms with Crippen LogP contribution in [0.3, 0.4) is 0 Å². The second-order valence-electron chi connectivity index (χ2n) is 4.15. The Bertz CT molecular complexity index is 589. The number of carbonyl (C=O) groups is 1. The van der Waals surface area contributed by atoms with Gasteiger partial charge in [-0.25, -0.2) is 0 Å². The van der Waals surface area contributed by atoms with Crippen LogP contribution >= 0.6 is 15.9 Å². The molecule has 1 aromatic rings. The highest BCUT2D eigenvalue weighted by atomic mass is 79.9. The van der Waals surface area contributed by atoms with Crippen molar-refractivity contribution in [2.75, 3.05) is 20.7 Å². The normalized spacial score (nSPS) is 10.8. The molecule has 0 aromatic heterocycles. The molecule has 6 heteroatoms. The van der Waals surface area contributed by atoms with Crippen LogP contribution in [0.1, 0.15) is 12.5 Å². The Morgan fingerprint density at radius 3 is 2.70 bits per heavy atom. The fraction of sp³-hybridized carbons (Fsp3) is 0.286. The van der Waals surface area contributed by atoms with Gasteiger partial charge < -0.3 is 14.7 Å². The van der Waals surface area contributed by atoms with E-state index < -0.39 is 0 Å². The van der Waals surface area contributed by atoms with E-state index in [1.165, 1.54) is 11.0 Å². The maximum atomic E-state index is 11.8. The minimum atomic E-state index is -0.380. The van der Waals surface area contributed by atoms with E-state index in [0.29, 0.717) is 22.4 Å². The third kappa shape index (κ3) is 3.75. The third-order valence-corrected chi connectivity index (χ3v) is 3.02. The monoisotopic (exact) mass is 338 g/mol. The minimum absolute atomic E-state index is 0.00929. The molecule has 0 bridgehead atoms. The highest BCUT2D eigenvalue weighted by Crippen LogP contribution is 2.36. The van der Waals surface area contributed by atoms with E-state index >= 15 is 0 Å². The van der Waals surface area contributed by atoms with Gasteiger partial charge >= 0.3 is 0 Å². The molecule has 0 heterocycles. The Morgan fingerprint density at radius 2 is 2.20 bits per heavy atom. The average Bonchev–Trinajstić information content (AvgIpc) is 2.40. The van der Waals surface area contributed by atoms with Crippen molar-refractivity contribution >= 4 is 27.9 Å². The summed E-state index contributed by atoms with van der Waals surface area (Å²) in [6, 6.07) is 5.05. The van der Waals surface area contributed by atoms with Crippen molar-refractivity contribution < 1.29 is 14.6 Å². The predicted octanol–water partition coefficient (Wildman–Crippen LogP) is 2.55. The fourth-order valence-corrected chi connectivity index (χ4v) is 1.95. The van der Waals surface area contributed by atoms with Crippen LogP contribution in [0.5, 0.6) is 11.5 Å². The number of halogens is 1. The van der Waals surface area contributed by atoms with Gasteiger partial charge in [0.25, 0.3) is 5.91 Å². The maximum absolute atomic E-state index is 11.8. The largest absolute Gasteiger partial charge is 0.503 e. The first-order chi connectivity index (χ1) is 9.40. The number of nitriles is 1. The van der Waals surface area contributed by atoms with Gasteiger partial charge in [-0.1, -0.05) is 0 Å². The van der Waals surface area contributed by atoms with Gasteiger partial charge in [0.15, 0.2) is 11.5 Å². The Kier molecular flexibility index (Phi) is 5.59. The van der Waals surface area contributed by atoms with Gasteiger partial charge in [-0.15, -0.1) is 0 Å². The minimum Gasteiger partial charge on any atom is -0.503 e. The highest BCUT2D eigenvalue weighted by molar-refractivity contribution is 9.10. The number of hydrogen-bond acceptors (Lipinski definition) is 4. The molecule has 0 aliphatic heterocycles. The Hall–Kier alpha value is -2.00. The van der Waals surface area contributed by atoms with E-state index in [1.54, 1.807) is 33.2 Å². The van der Waals surface area contributed by atoms with Gasteiger partial charge in [-0.05, 0) is 46.6 Å². The van der Waals surface area contributed by atoms with Crippen LogP contribution in [-0.4, -0.2) is 36.6 Å². The standard InChI is InChI=1S/C14H15BrN2O3/c1-4-20-12-7-9(6-11(15)13(12)18)5-10(8-16)14(19)17(2)3/h5-7,18H,4H2,1-3H3. The van der Waals surface area contributed by atoms with Crippen LogP contribution in [0.4, 0.5) is 0 Å². The zero-order valence-electron chi connectivity index (χ0n) is 11.5. The molecular formula is C14H15BrN2O3. The van der Waals surface area contributed by atoms with E-state index in [0.717, 1.165) is 0 Å². The summed E-state index contributed by atoms with van der Waals surface area (Å²) in [6.07, 6.45) is 1.45. The number of ether oxygens (including phenoxy) is 1. The van der Waals surface area contributed by atoms with E-state index in [4.69, 9.17) is 10.00 Å². The van der Waals surface area contributed by atoms with Crippen molar-refractivity contribution in [2.24, 2.45) is 0 Å². The number of benzene rings is 1. The van der Waals surface area contributed by atoms with Gasteiger partial charge in [0, 0.05) is 14.1 Å². The molecule has 0 aliphatic rings. The summed E-state index contributed by atoms with van der Waals surface area (Å²) >= 11 is 3.21. The van der Waals surface area contributed by atoms with Crippen LogP contribution in [0, 0.1) is 11.3 Å². The van der Waals surface area contributed by atoms with E-state index in [-0.39, 0.29) is 17.2 Å². The van der Waals surface area contributed by atoms with Crippen molar-refractivity contribution in [1.29, 1.82) is 5.26 Å². The lowest BCUT2D eigenvalue weighted by molar-refractivity contribution is -0.124. The number of carbonyl (C=O) groups excluding carboxylic acids is 1. The van der Waals surface area contributed by atoms with Gasteiger partial charge in [-0.3, -0.25) is 4.79 Å². The lowest BCUT2D eigenvalue weighted by Crippen LogP contribution is -2.22. The molecule has 0 atom stereocenters. The number of phenols is 1. The zero-order valence-corrected chi connectivity index (χ0v) is 13.1. The second-order valence-corrected chi connectivity index (χ2v) is 5.01. The van der Waals surface area contributed by atoms with Gasteiger partial charge in [0.05, 0.1) is 11.1 Å². The number of nitrogens with zero attached hydrogens (tertiary/aromatic N) is 2. The van der Waals surface area contributed by atoms with Crippen LogP contribution < -0.4 is 4.74 Å². The SMILES string of the molecule is CCOc1cc(C=C(C#N)C(=O)N(C)C)cc(Br)c1O. The van der Waals surface area contributed by atoms with Crippen LogP contribution in [0.25, 0.3) is 6.08 Å². The van der Waals surface area contributed by atoms with E-state index in [9.17, 15) is 9.90 Å². The average molecular weight is 339 g/mol. The molecule has 1 aromatic carbocycles. The number of likely N-dealkylation sites (N-methyl/N-ethyl adjacent to an activating group) is 1. The first-order valence-electron chi connectivity index (χ1n) is 5.89. The van der Waals surface area contributed by atoms with Gasteiger partial charge in [0.2, 0.25) is 0 Å². The number of rotatable bonds is 4. The number of amides is 1. The molecule has 106 valence electrons. The molecule has 0 fully saturated rings. The van der Waals surface area contributed by atoms with Gasteiger partial charge in [0.1, 0.15) is 11.6 Å². The molecule has 0 aliphatic carbocycles. The van der Waals surface area contributed by atoms with Crippen molar-refractivity contribution in [1.82, 2.24) is 4.90 Å². The topological polar surface area (TPSA) is 73.6 Å². The summed E-state index contributed by atoms with van der Waals surface area (Å²) in [5.41, 5.74) is 0.597. The highest BCUT2D eigenvalue weighted by Gasteiger charge is 2.13. The summed E-state index contributed by atoms with van der Waals surface area (Å²) in [7, 11) is 3.15. The van der Waals surface area contributed by atoms with Gasteiger partial charge in [-0.2, -0.15) is 5.26 Å². The summed E-state index contributed by atoms with van der Waals surface area (Å²) in [6.45, 7) is 2.20. The molecule has 0 saturated heterocycles. The summed E-state index contributed by atoms with van der Waals surface area (Å²) < 4.78 is 5.73. The zero-order chi connectivity index (χ0) is 15.3. The lowest BCUT2D eigenvalue weighted by Gasteiger charge is -2.10. The molecule has 0 unspecified atom stereocenters. The third-order valence-electron chi connectivity index (χ3n) is 2.42. The molecule has 20 heavy (non-hydrogen) atoms. The van der Waals surface area contributed by atoms with Crippen LogP contribution in [0.2, 0.25) is 0 Å². The molecule has 1 rings (SSSR count). The second kappa shape index (κ2) is 6.96. The molecule has 0 saturated carbocycles. The number of phenolic OH excluding ortho intramolecular Hbond substituents is 1. The molecule has 1 N–H and O–H groups in total. The van der Waals surface area contributed by atoms with Crippen LogP contribution in [-0.2, 0) is 4.79 Å². The maximum Gasteiger partial charge on any atom is 0.264 e. The van der Waals surface area contributed by atoms with Crippen molar-refractivity contribution in [3.8, 4) is 17.6 Å². The smallest absolute Gasteiger partial charge is 0.264 e. The molecule has 1 amide bonds. The Morgan fingerprint density at radius 1 is 1.55 bits per heavy atom. The lowest BCUT2D eigenvalue weighted by atomic mass is 10.1. The van der Waals surface area contributed by atoms with Crippen molar-refractivity contribution in [2.45, 2.75) is 6.92 Å². The first kappa shape index (κ1) is 16.1. The Labute approximate surface area is 126 Å². The quantitative estimate of drug-likeness (QED) is 0.676. The molecule has 5 nitrogen and oxygen atoms in total. The summed E-state index contributed by atoms with van der Waals surface area (Å²) in [4.78, 5) is 13.1. The summed E-state index contributed by atoms with van der Waals surface area (Å²) in [5, 5.41) is 18.9. The molecule has 0 spiro atoms. The van der Waals surface area contributed by atoms with Crippen LogP contribution in [0.15, 0.2) is 22.2 Å². The van der Waals surface area contributed by atoms with Crippen molar-refractivity contribution in [3.63, 3.8) is 0 Å². The number of hydrogen-bond donors (Lipinski definition) is 1. The fourth-order valence-electron chi connectivity index (χ4n) is 1.49.